The average molecular weight is 907 g/mol. The van der Waals surface area contributed by atoms with Crippen LogP contribution >= 0.6 is 6.98 Å². The molecule has 1 heterocycles. The zero-order chi connectivity index (χ0) is 45.6. The molecule has 3 atom stereocenters. The van der Waals surface area contributed by atoms with E-state index in [0.717, 1.165) is 0 Å². The van der Waals surface area contributed by atoms with Crippen LogP contribution in [0, 0.1) is 16.0 Å². The zero-order valence-corrected chi connectivity index (χ0v) is 39.7. The number of esters is 1. The Hall–Kier alpha value is -5.80. The number of β-lactam (4-membered cyclic amide) rings is 1. The van der Waals surface area contributed by atoms with Crippen LogP contribution in [0.4, 0.5) is 5.69 Å². The van der Waals surface area contributed by atoms with Gasteiger partial charge in [-0.1, -0.05) is 0 Å². The van der Waals surface area contributed by atoms with Gasteiger partial charge in [-0.2, -0.15) is 0 Å². The van der Waals surface area contributed by atoms with E-state index in [0.29, 0.717) is 39.2 Å². The van der Waals surface area contributed by atoms with Crippen LogP contribution in [-0.2, 0) is 34.5 Å². The van der Waals surface area contributed by atoms with Crippen molar-refractivity contribution in [3.8, 4) is 5.75 Å². The number of rotatable bonds is 19. The number of ether oxygens (including phenoxy) is 1. The Morgan fingerprint density at radius 3 is 1.76 bits per heavy atom. The van der Waals surface area contributed by atoms with Gasteiger partial charge in [0.2, 0.25) is 0 Å². The van der Waals surface area contributed by atoms with Crippen molar-refractivity contribution in [2.24, 2.45) is 5.92 Å². The van der Waals surface area contributed by atoms with Crippen LogP contribution < -0.4 is 20.3 Å². The number of nitro groups is 1. The summed E-state index contributed by atoms with van der Waals surface area (Å²) < 4.78 is 27.3. The first-order valence-corrected chi connectivity index (χ1v) is 29.9. The number of Topliss-reactive ketones (excluding diaryl/α,β-unsaturated/α-hetero) is 1. The molecule has 1 unspecified atom stereocenters. The van der Waals surface area contributed by atoms with E-state index >= 15 is 9.59 Å². The Labute approximate surface area is 371 Å². The number of carbonyl (C=O) groups excluding carboxylic acids is 4. The molecular formula is C48H55N2O10PSi2. The van der Waals surface area contributed by atoms with Crippen molar-refractivity contribution in [3.63, 3.8) is 0 Å². The van der Waals surface area contributed by atoms with E-state index in [1.807, 2.05) is 97.1 Å². The van der Waals surface area contributed by atoms with E-state index in [9.17, 15) is 19.7 Å². The van der Waals surface area contributed by atoms with Crippen molar-refractivity contribution in [3.05, 3.63) is 161 Å². The number of carbonyl (C=O) groups is 4. The summed E-state index contributed by atoms with van der Waals surface area (Å²) in [6, 6.07) is 39.2. The van der Waals surface area contributed by atoms with Crippen LogP contribution in [0.15, 0.2) is 140 Å². The Morgan fingerprint density at radius 1 is 0.746 bits per heavy atom. The zero-order valence-electron chi connectivity index (χ0n) is 36.8. The Kier molecular flexibility index (Phi) is 14.0. The quantitative estimate of drug-likeness (QED) is 0.0150. The second kappa shape index (κ2) is 18.9. The van der Waals surface area contributed by atoms with E-state index in [2.05, 4.69) is 39.3 Å². The van der Waals surface area contributed by atoms with Gasteiger partial charge in [0.15, 0.2) is 0 Å². The van der Waals surface area contributed by atoms with Gasteiger partial charge in [0.25, 0.3) is 0 Å². The van der Waals surface area contributed by atoms with Crippen LogP contribution in [-0.4, -0.2) is 68.6 Å². The minimum atomic E-state index is -5.17. The molecule has 5 aromatic rings. The molecule has 1 amide bonds. The molecule has 1 aliphatic heterocycles. The number of hydrogen-bond acceptors (Lipinski definition) is 10. The third kappa shape index (κ3) is 10.0. The standard InChI is InChI=1S/C48H55N2O10PSi2/c1-35(51)58-46(32-36-26-28-38(29-27-36)50(55)56)48(54)59-61(40-20-11-8-12-21-40,41-22-13-9-14-23-41,42-24-15-10-16-25-42)49-44(43(47(49)53)30-31-57-62(2,3)4)34-45(52)37-18-17-19-39(33-37)60-63(5,6)7/h8-29,33,43-44,46H,30-32,34H2,1-7H3/t43-,44+,46?/m0/s1. The van der Waals surface area contributed by atoms with E-state index < -0.39 is 58.5 Å². The van der Waals surface area contributed by atoms with E-state index in [-0.39, 0.29) is 36.8 Å². The van der Waals surface area contributed by atoms with Gasteiger partial charge < -0.3 is 0 Å². The summed E-state index contributed by atoms with van der Waals surface area (Å²) in [7, 11) is -4.06. The van der Waals surface area contributed by atoms with Gasteiger partial charge in [0.05, 0.1) is 0 Å². The van der Waals surface area contributed by atoms with E-state index in [4.69, 9.17) is 18.1 Å². The third-order valence-electron chi connectivity index (χ3n) is 10.8. The molecule has 0 bridgehead atoms. The van der Waals surface area contributed by atoms with Crippen molar-refractivity contribution in [1.82, 2.24) is 4.67 Å². The summed E-state index contributed by atoms with van der Waals surface area (Å²) in [6.07, 6.45) is -1.56. The van der Waals surface area contributed by atoms with E-state index in [1.54, 1.807) is 22.9 Å². The topological polar surface area (TPSA) is 152 Å². The summed E-state index contributed by atoms with van der Waals surface area (Å²) in [4.78, 5) is 69.5. The SMILES string of the molecule is CC(=O)OC(Cc1ccc([N+](=O)[O-])cc1)C(=O)OP(c1ccccc1)(c1ccccc1)(c1ccccc1)N1C(=O)[C@@H](CCO[Si](C)(C)C)[C@H]1CC(=O)c1cccc(O[Si](C)(C)C)c1. The van der Waals surface area contributed by atoms with Crippen molar-refractivity contribution in [2.75, 3.05) is 6.61 Å². The van der Waals surface area contributed by atoms with Gasteiger partial charge in [0, 0.05) is 0 Å². The fraction of sp³-hybridized carbons (Fsp3) is 0.292. The summed E-state index contributed by atoms with van der Waals surface area (Å²) in [5, 5.41) is 13.0. The molecule has 1 aliphatic rings. The number of ketones is 1. The van der Waals surface area contributed by atoms with Crippen LogP contribution in [0.2, 0.25) is 39.3 Å². The van der Waals surface area contributed by atoms with Gasteiger partial charge in [-0.05, 0) is 0 Å². The van der Waals surface area contributed by atoms with Crippen LogP contribution in [0.5, 0.6) is 5.75 Å². The molecule has 0 radical (unpaired) electrons. The molecule has 63 heavy (non-hydrogen) atoms. The molecule has 0 spiro atoms. The number of nitrogens with zero attached hydrogens (tertiary/aromatic N) is 2. The third-order valence-corrected chi connectivity index (χ3v) is 18.3. The molecule has 0 saturated carbocycles. The van der Waals surface area contributed by atoms with Crippen LogP contribution in [0.25, 0.3) is 0 Å². The fourth-order valence-corrected chi connectivity index (χ4v) is 15.8. The molecule has 330 valence electrons. The summed E-state index contributed by atoms with van der Waals surface area (Å²) in [5.74, 6) is -2.39. The first-order valence-electron chi connectivity index (χ1n) is 21.0. The fourth-order valence-electron chi connectivity index (χ4n) is 8.20. The molecule has 5 aromatic carbocycles. The number of nitro benzene ring substituents is 1. The van der Waals surface area contributed by atoms with Crippen molar-refractivity contribution in [1.29, 1.82) is 0 Å². The molecule has 12 nitrogen and oxygen atoms in total. The van der Waals surface area contributed by atoms with Crippen LogP contribution in [0.3, 0.4) is 0 Å². The number of non-ortho nitro benzene ring substituents is 1. The molecule has 0 aromatic heterocycles. The maximum atomic E-state index is 15.6. The Morgan fingerprint density at radius 2 is 1.29 bits per heavy atom. The molecule has 15 heteroatoms. The van der Waals surface area contributed by atoms with Crippen molar-refractivity contribution in [2.45, 2.75) is 77.6 Å². The van der Waals surface area contributed by atoms with Gasteiger partial charge in [-0.15, -0.1) is 0 Å². The average Bonchev–Trinajstić information content (AvgIpc) is 3.24. The molecule has 1 fully saturated rings. The maximum absolute atomic E-state index is 15.6. The first-order chi connectivity index (χ1) is 29.8. The van der Waals surface area contributed by atoms with Gasteiger partial charge >= 0.3 is 372 Å². The van der Waals surface area contributed by atoms with Gasteiger partial charge in [-0.25, -0.2) is 0 Å². The Balaban J connectivity index is 1.60. The normalized spacial score (nSPS) is 16.5. The van der Waals surface area contributed by atoms with Crippen LogP contribution in [0.1, 0.15) is 35.7 Å². The number of benzene rings is 5. The summed E-state index contributed by atoms with van der Waals surface area (Å²) in [6.45, 7) is 8.69. The van der Waals surface area contributed by atoms with E-state index in [1.165, 1.54) is 31.2 Å². The van der Waals surface area contributed by atoms with Gasteiger partial charge in [-0.3, -0.25) is 0 Å². The summed E-state index contributed by atoms with van der Waals surface area (Å²) >= 11 is 0. The molecule has 1 saturated heterocycles. The first kappa shape index (κ1) is 46.7. The predicted molar refractivity (Wildman–Crippen MR) is 251 cm³/mol. The Bertz CT molecular complexity index is 2340. The number of amides is 1. The second-order valence-electron chi connectivity index (χ2n) is 17.6. The minimum absolute atomic E-state index is 0.127. The second-order valence-corrected chi connectivity index (χ2v) is 30.7. The van der Waals surface area contributed by atoms with Gasteiger partial charge in [0.1, 0.15) is 0 Å². The molecule has 0 aliphatic carbocycles. The van der Waals surface area contributed by atoms with Crippen molar-refractivity contribution < 1.29 is 42.2 Å². The molecule has 6 rings (SSSR count). The predicted octanol–water partition coefficient (Wildman–Crippen LogP) is 8.53. The van der Waals surface area contributed by atoms with Crippen molar-refractivity contribution >= 4 is 68.8 Å². The molecular weight excluding hydrogens is 852 g/mol. The monoisotopic (exact) mass is 906 g/mol. The summed E-state index contributed by atoms with van der Waals surface area (Å²) in [5.41, 5.74) is 0.732. The number of hydrogen-bond donors (Lipinski definition) is 0. The molecule has 0 N–H and O–H groups in total.